The lowest BCUT2D eigenvalue weighted by molar-refractivity contribution is -0.141. The van der Waals surface area contributed by atoms with Crippen molar-refractivity contribution in [1.82, 2.24) is 4.98 Å². The van der Waals surface area contributed by atoms with Gasteiger partial charge < -0.3 is 10.5 Å². The number of nitrogens with two attached hydrogens (primary N) is 1. The molecule has 1 aromatic rings. The molecule has 92 valence electrons. The molecule has 0 aromatic carbocycles. The minimum absolute atomic E-state index is 0. The average molecular weight is 277 g/mol. The third kappa shape index (κ3) is 3.24. The van der Waals surface area contributed by atoms with Gasteiger partial charge in [-0.25, -0.2) is 9.78 Å². The first kappa shape index (κ1) is 15.0. The highest BCUT2D eigenvalue weighted by atomic mass is 35.5. The fourth-order valence-corrected chi connectivity index (χ4v) is 1.61. The minimum Gasteiger partial charge on any atom is -0.462 e. The second kappa shape index (κ2) is 5.35. The molecule has 1 rings (SSSR count). The molecule has 1 aromatic heterocycles. The number of hydrogen-bond donors (Lipinski definition) is 1. The van der Waals surface area contributed by atoms with Crippen LogP contribution in [0.5, 0.6) is 0 Å². The van der Waals surface area contributed by atoms with E-state index in [9.17, 15) is 18.0 Å². The Kier molecular flexibility index (Phi) is 5.01. The van der Waals surface area contributed by atoms with E-state index in [0.29, 0.717) is 11.3 Å². The van der Waals surface area contributed by atoms with Crippen LogP contribution in [0.2, 0.25) is 0 Å². The van der Waals surface area contributed by atoms with Crippen LogP contribution in [-0.4, -0.2) is 17.6 Å². The zero-order valence-corrected chi connectivity index (χ0v) is 9.63. The van der Waals surface area contributed by atoms with Crippen molar-refractivity contribution >= 4 is 34.8 Å². The van der Waals surface area contributed by atoms with E-state index >= 15 is 0 Å². The summed E-state index contributed by atoms with van der Waals surface area (Å²) >= 11 is 0.461. The Morgan fingerprint density at radius 1 is 1.56 bits per heavy atom. The van der Waals surface area contributed by atoms with E-state index in [-0.39, 0.29) is 24.1 Å². The number of carbonyl (C=O) groups is 1. The molecule has 0 amide bonds. The summed E-state index contributed by atoms with van der Waals surface area (Å²) < 4.78 is 41.5. The Morgan fingerprint density at radius 2 is 2.12 bits per heavy atom. The number of nitrogens with zero attached hydrogens (tertiary/aromatic N) is 1. The number of hydrogen-bond acceptors (Lipinski definition) is 5. The van der Waals surface area contributed by atoms with Gasteiger partial charge in [-0.1, -0.05) is 11.3 Å². The number of ether oxygens (including phenoxy) is 1. The van der Waals surface area contributed by atoms with Crippen LogP contribution in [0.15, 0.2) is 0 Å². The van der Waals surface area contributed by atoms with Gasteiger partial charge in [-0.05, 0) is 6.92 Å². The van der Waals surface area contributed by atoms with E-state index in [1.807, 2.05) is 0 Å². The predicted octanol–water partition coefficient (Wildman–Crippen LogP) is 2.34. The van der Waals surface area contributed by atoms with Gasteiger partial charge in [0.2, 0.25) is 0 Å². The average Bonchev–Trinajstić information content (AvgIpc) is 2.47. The Morgan fingerprint density at radius 3 is 2.56 bits per heavy atom. The fourth-order valence-electron chi connectivity index (χ4n) is 0.864. The van der Waals surface area contributed by atoms with Crippen molar-refractivity contribution in [2.24, 2.45) is 0 Å². The van der Waals surface area contributed by atoms with Crippen molar-refractivity contribution < 1.29 is 22.7 Å². The monoisotopic (exact) mass is 276 g/mol. The molecular formula is C7H8ClF3N2O2S. The Balaban J connectivity index is 0.00000225. The van der Waals surface area contributed by atoms with Gasteiger partial charge in [-0.2, -0.15) is 13.2 Å². The number of halogens is 4. The lowest BCUT2D eigenvalue weighted by Gasteiger charge is -2.04. The van der Waals surface area contributed by atoms with E-state index in [4.69, 9.17) is 5.73 Å². The molecule has 4 nitrogen and oxygen atoms in total. The number of carbonyl (C=O) groups excluding carboxylic acids is 1. The molecule has 0 aliphatic heterocycles. The van der Waals surface area contributed by atoms with Crippen LogP contribution in [0.4, 0.5) is 18.3 Å². The largest absolute Gasteiger partial charge is 0.462 e. The lowest BCUT2D eigenvalue weighted by Crippen LogP contribution is -2.13. The van der Waals surface area contributed by atoms with Gasteiger partial charge in [0, 0.05) is 0 Å². The van der Waals surface area contributed by atoms with Crippen molar-refractivity contribution in [3.63, 3.8) is 0 Å². The highest BCUT2D eigenvalue weighted by Crippen LogP contribution is 2.35. The summed E-state index contributed by atoms with van der Waals surface area (Å²) in [7, 11) is 0. The Hall–Kier alpha value is -1.02. The summed E-state index contributed by atoms with van der Waals surface area (Å²) in [6.07, 6.45) is -4.70. The molecule has 16 heavy (non-hydrogen) atoms. The molecule has 0 spiro atoms. The summed E-state index contributed by atoms with van der Waals surface area (Å²) in [6, 6.07) is 0. The molecule has 1 heterocycles. The summed E-state index contributed by atoms with van der Waals surface area (Å²) in [4.78, 5) is 13.6. The van der Waals surface area contributed by atoms with Crippen molar-refractivity contribution in [1.29, 1.82) is 0 Å². The van der Waals surface area contributed by atoms with Crippen LogP contribution in [0.3, 0.4) is 0 Å². The molecule has 0 bridgehead atoms. The molecule has 0 fully saturated rings. The molecule has 0 atom stereocenters. The smallest absolute Gasteiger partial charge is 0.435 e. The van der Waals surface area contributed by atoms with Crippen molar-refractivity contribution in [2.45, 2.75) is 13.1 Å². The maximum absolute atomic E-state index is 12.3. The fraction of sp³-hybridized carbons (Fsp3) is 0.429. The zero-order valence-electron chi connectivity index (χ0n) is 8.00. The Labute approximate surface area is 99.0 Å². The second-order valence-electron chi connectivity index (χ2n) is 2.45. The number of anilines is 1. The Bertz CT molecular complexity index is 380. The first-order valence-electron chi connectivity index (χ1n) is 3.87. The topological polar surface area (TPSA) is 65.2 Å². The predicted molar refractivity (Wildman–Crippen MR) is 54.7 cm³/mol. The molecule has 0 radical (unpaired) electrons. The quantitative estimate of drug-likeness (QED) is 0.842. The van der Waals surface area contributed by atoms with Gasteiger partial charge in [0.1, 0.15) is 4.88 Å². The van der Waals surface area contributed by atoms with E-state index in [1.165, 1.54) is 6.92 Å². The zero-order chi connectivity index (χ0) is 11.6. The first-order valence-corrected chi connectivity index (χ1v) is 4.68. The lowest BCUT2D eigenvalue weighted by atomic mass is 10.3. The standard InChI is InChI=1S/C7H7F3N2O2S.ClH/c1-2-14-5(13)3-4(7(8,9)10)12-6(11)15-3;/h2H2,1H3,(H2,11,12);1H. The van der Waals surface area contributed by atoms with Gasteiger partial charge in [0.25, 0.3) is 0 Å². The number of thiazole rings is 1. The normalized spacial score (nSPS) is 10.8. The molecule has 0 unspecified atom stereocenters. The minimum atomic E-state index is -4.70. The van der Waals surface area contributed by atoms with Crippen molar-refractivity contribution in [2.75, 3.05) is 12.3 Å². The van der Waals surface area contributed by atoms with E-state index < -0.39 is 22.7 Å². The molecule has 0 saturated carbocycles. The van der Waals surface area contributed by atoms with Crippen LogP contribution < -0.4 is 5.73 Å². The molecule has 2 N–H and O–H groups in total. The maximum Gasteiger partial charge on any atom is 0.435 e. The molecule has 0 aliphatic carbocycles. The van der Waals surface area contributed by atoms with Crippen molar-refractivity contribution in [3.05, 3.63) is 10.6 Å². The van der Waals surface area contributed by atoms with E-state index in [1.54, 1.807) is 0 Å². The van der Waals surface area contributed by atoms with Crippen LogP contribution in [0, 0.1) is 0 Å². The molecular weight excluding hydrogens is 269 g/mol. The SMILES string of the molecule is CCOC(=O)c1sc(N)nc1C(F)(F)F.Cl. The second-order valence-corrected chi connectivity index (χ2v) is 3.48. The molecule has 9 heteroatoms. The van der Waals surface area contributed by atoms with Crippen LogP contribution in [-0.2, 0) is 10.9 Å². The van der Waals surface area contributed by atoms with Gasteiger partial charge in [0.05, 0.1) is 6.61 Å². The highest BCUT2D eigenvalue weighted by Gasteiger charge is 2.39. The van der Waals surface area contributed by atoms with Crippen LogP contribution >= 0.6 is 23.7 Å². The number of nitrogen functional groups attached to an aromatic ring is 1. The summed E-state index contributed by atoms with van der Waals surface area (Å²) in [5.41, 5.74) is 3.82. The van der Waals surface area contributed by atoms with Gasteiger partial charge in [0.15, 0.2) is 10.8 Å². The van der Waals surface area contributed by atoms with E-state index in [2.05, 4.69) is 9.72 Å². The molecule has 0 saturated heterocycles. The highest BCUT2D eigenvalue weighted by molar-refractivity contribution is 7.17. The van der Waals surface area contributed by atoms with Gasteiger partial charge in [-0.3, -0.25) is 0 Å². The maximum atomic E-state index is 12.3. The van der Waals surface area contributed by atoms with Gasteiger partial charge >= 0.3 is 12.1 Å². The number of esters is 1. The van der Waals surface area contributed by atoms with Crippen LogP contribution in [0.1, 0.15) is 22.3 Å². The van der Waals surface area contributed by atoms with Crippen LogP contribution in [0.25, 0.3) is 0 Å². The number of rotatable bonds is 2. The van der Waals surface area contributed by atoms with E-state index in [0.717, 1.165) is 0 Å². The third-order valence-corrected chi connectivity index (χ3v) is 2.24. The number of alkyl halides is 3. The number of aromatic nitrogens is 1. The summed E-state index contributed by atoms with van der Waals surface area (Å²) in [5, 5.41) is -0.314. The molecule has 0 aliphatic rings. The first-order chi connectivity index (χ1) is 6.86. The van der Waals surface area contributed by atoms with Gasteiger partial charge in [-0.15, -0.1) is 12.4 Å². The summed E-state index contributed by atoms with van der Waals surface area (Å²) in [5.74, 6) is -1.06. The third-order valence-electron chi connectivity index (χ3n) is 1.37. The summed E-state index contributed by atoms with van der Waals surface area (Å²) in [6.45, 7) is 1.49. The van der Waals surface area contributed by atoms with Crippen molar-refractivity contribution in [3.8, 4) is 0 Å².